The van der Waals surface area contributed by atoms with Crippen LogP contribution >= 0.6 is 0 Å². The standard InChI is InChI=1S/C34H46N2O2/c1-5-8-14-29-17-21-32(22-18-29)34(37)36(28(4)13-12-25-35(6-2)7-3)26-30-19-23-33(24-20-30)38-27-31-15-10-9-11-16-31/h9-11,15-24,28H,5-8,12-14,25-27H2,1-4H3. The van der Waals surface area contributed by atoms with Crippen LogP contribution in [0.2, 0.25) is 0 Å². The summed E-state index contributed by atoms with van der Waals surface area (Å²) in [5.41, 5.74) is 4.32. The number of aryl methyl sites for hydroxylation is 1. The minimum atomic E-state index is 0.104. The Morgan fingerprint density at radius 1 is 0.789 bits per heavy atom. The van der Waals surface area contributed by atoms with Crippen molar-refractivity contribution < 1.29 is 9.53 Å². The van der Waals surface area contributed by atoms with E-state index in [0.29, 0.717) is 13.2 Å². The number of amides is 1. The second-order valence-electron chi connectivity index (χ2n) is 10.2. The fraction of sp³-hybridized carbons (Fsp3) is 0.441. The monoisotopic (exact) mass is 514 g/mol. The van der Waals surface area contributed by atoms with Gasteiger partial charge in [-0.15, -0.1) is 0 Å². The molecule has 0 saturated carbocycles. The van der Waals surface area contributed by atoms with E-state index in [1.54, 1.807) is 0 Å². The Balaban J connectivity index is 1.69. The van der Waals surface area contributed by atoms with E-state index >= 15 is 0 Å². The summed E-state index contributed by atoms with van der Waals surface area (Å²) in [5.74, 6) is 0.942. The SMILES string of the molecule is CCCCc1ccc(C(=O)N(Cc2ccc(OCc3ccccc3)cc2)C(C)CCCN(CC)CC)cc1. The normalized spacial score (nSPS) is 11.9. The van der Waals surface area contributed by atoms with Gasteiger partial charge in [-0.1, -0.05) is 81.8 Å². The van der Waals surface area contributed by atoms with Gasteiger partial charge < -0.3 is 14.5 Å². The van der Waals surface area contributed by atoms with Gasteiger partial charge in [-0.3, -0.25) is 4.79 Å². The first-order chi connectivity index (χ1) is 18.5. The lowest BCUT2D eigenvalue weighted by Crippen LogP contribution is -2.38. The molecule has 0 N–H and O–H groups in total. The number of benzene rings is 3. The number of carbonyl (C=O) groups is 1. The molecule has 1 atom stereocenters. The Kier molecular flexibility index (Phi) is 12.4. The second-order valence-corrected chi connectivity index (χ2v) is 10.2. The number of ether oxygens (including phenoxy) is 1. The second kappa shape index (κ2) is 16.0. The summed E-state index contributed by atoms with van der Waals surface area (Å²) in [6.07, 6.45) is 5.47. The van der Waals surface area contributed by atoms with Gasteiger partial charge in [0.25, 0.3) is 5.91 Å². The molecule has 1 unspecified atom stereocenters. The van der Waals surface area contributed by atoms with E-state index in [0.717, 1.165) is 61.3 Å². The van der Waals surface area contributed by atoms with Crippen LogP contribution in [0.25, 0.3) is 0 Å². The molecule has 3 aromatic carbocycles. The fourth-order valence-electron chi connectivity index (χ4n) is 4.72. The summed E-state index contributed by atoms with van der Waals surface area (Å²) < 4.78 is 5.97. The molecule has 204 valence electrons. The zero-order valence-electron chi connectivity index (χ0n) is 23.9. The smallest absolute Gasteiger partial charge is 0.254 e. The molecule has 0 bridgehead atoms. The lowest BCUT2D eigenvalue weighted by Gasteiger charge is -2.30. The first-order valence-electron chi connectivity index (χ1n) is 14.4. The third-order valence-electron chi connectivity index (χ3n) is 7.33. The number of hydrogen-bond donors (Lipinski definition) is 0. The van der Waals surface area contributed by atoms with Gasteiger partial charge in [0.05, 0.1) is 0 Å². The highest BCUT2D eigenvalue weighted by molar-refractivity contribution is 5.94. The maximum atomic E-state index is 13.7. The van der Waals surface area contributed by atoms with Crippen LogP contribution in [0.5, 0.6) is 5.75 Å². The number of carbonyl (C=O) groups excluding carboxylic acids is 1. The van der Waals surface area contributed by atoms with Crippen molar-refractivity contribution in [2.75, 3.05) is 19.6 Å². The summed E-state index contributed by atoms with van der Waals surface area (Å²) in [5, 5.41) is 0. The third-order valence-corrected chi connectivity index (χ3v) is 7.33. The lowest BCUT2D eigenvalue weighted by molar-refractivity contribution is 0.0662. The van der Waals surface area contributed by atoms with E-state index in [9.17, 15) is 4.79 Å². The topological polar surface area (TPSA) is 32.8 Å². The van der Waals surface area contributed by atoms with Crippen molar-refractivity contribution in [3.8, 4) is 5.75 Å². The van der Waals surface area contributed by atoms with Gasteiger partial charge in [0, 0.05) is 18.2 Å². The summed E-state index contributed by atoms with van der Waals surface area (Å²) >= 11 is 0. The van der Waals surface area contributed by atoms with Crippen LogP contribution < -0.4 is 4.74 Å². The van der Waals surface area contributed by atoms with Crippen molar-refractivity contribution in [2.45, 2.75) is 79.0 Å². The molecule has 0 fully saturated rings. The molecule has 0 aliphatic carbocycles. The van der Waals surface area contributed by atoms with Crippen LogP contribution in [0.1, 0.15) is 80.4 Å². The number of hydrogen-bond acceptors (Lipinski definition) is 3. The van der Waals surface area contributed by atoms with Crippen LogP contribution in [-0.4, -0.2) is 41.4 Å². The number of unbranched alkanes of at least 4 members (excludes halogenated alkanes) is 1. The van der Waals surface area contributed by atoms with E-state index in [-0.39, 0.29) is 11.9 Å². The van der Waals surface area contributed by atoms with Crippen molar-refractivity contribution in [2.24, 2.45) is 0 Å². The fourth-order valence-corrected chi connectivity index (χ4v) is 4.72. The lowest BCUT2D eigenvalue weighted by atomic mass is 10.0. The maximum Gasteiger partial charge on any atom is 0.254 e. The van der Waals surface area contributed by atoms with Gasteiger partial charge in [-0.2, -0.15) is 0 Å². The van der Waals surface area contributed by atoms with Gasteiger partial charge in [-0.25, -0.2) is 0 Å². The predicted molar refractivity (Wildman–Crippen MR) is 159 cm³/mol. The van der Waals surface area contributed by atoms with E-state index in [1.165, 1.54) is 18.4 Å². The van der Waals surface area contributed by atoms with Crippen LogP contribution in [0.4, 0.5) is 0 Å². The molecule has 0 aromatic heterocycles. The molecule has 38 heavy (non-hydrogen) atoms. The Morgan fingerprint density at radius 3 is 2.08 bits per heavy atom. The molecule has 0 radical (unpaired) electrons. The molecule has 0 aliphatic heterocycles. The van der Waals surface area contributed by atoms with Crippen molar-refractivity contribution in [1.82, 2.24) is 9.80 Å². The zero-order valence-corrected chi connectivity index (χ0v) is 23.9. The molecule has 0 aliphatic rings. The van der Waals surface area contributed by atoms with Gasteiger partial charge in [0.15, 0.2) is 0 Å². The van der Waals surface area contributed by atoms with E-state index in [1.807, 2.05) is 47.4 Å². The first-order valence-corrected chi connectivity index (χ1v) is 14.4. The van der Waals surface area contributed by atoms with Gasteiger partial charge >= 0.3 is 0 Å². The molecule has 0 saturated heterocycles. The van der Waals surface area contributed by atoms with Crippen molar-refractivity contribution in [3.05, 3.63) is 101 Å². The Hall–Kier alpha value is -3.11. The maximum absolute atomic E-state index is 13.7. The van der Waals surface area contributed by atoms with Crippen LogP contribution in [0, 0.1) is 0 Å². The van der Waals surface area contributed by atoms with Gasteiger partial charge in [-0.05, 0) is 93.2 Å². The van der Waals surface area contributed by atoms with Crippen molar-refractivity contribution in [3.63, 3.8) is 0 Å². The minimum Gasteiger partial charge on any atom is -0.489 e. The largest absolute Gasteiger partial charge is 0.489 e. The highest BCUT2D eigenvalue weighted by Crippen LogP contribution is 2.20. The molecule has 0 spiro atoms. The molecule has 1 amide bonds. The highest BCUT2D eigenvalue weighted by Gasteiger charge is 2.22. The number of nitrogens with zero attached hydrogens (tertiary/aromatic N) is 2. The molecule has 0 heterocycles. The van der Waals surface area contributed by atoms with Crippen LogP contribution in [-0.2, 0) is 19.6 Å². The zero-order chi connectivity index (χ0) is 27.2. The quantitative estimate of drug-likeness (QED) is 0.196. The summed E-state index contributed by atoms with van der Waals surface area (Å²) in [6.45, 7) is 13.1. The van der Waals surface area contributed by atoms with Crippen molar-refractivity contribution >= 4 is 5.91 Å². The molecular formula is C34H46N2O2. The molecule has 4 heteroatoms. The van der Waals surface area contributed by atoms with E-state index in [2.05, 4.69) is 69.0 Å². The average molecular weight is 515 g/mol. The molecule has 3 rings (SSSR count). The summed E-state index contributed by atoms with van der Waals surface area (Å²) in [6, 6.07) is 26.7. The first kappa shape index (κ1) is 29.4. The van der Waals surface area contributed by atoms with Gasteiger partial charge in [0.1, 0.15) is 12.4 Å². The molecular weight excluding hydrogens is 468 g/mol. The third kappa shape index (κ3) is 9.33. The minimum absolute atomic E-state index is 0.104. The molecule has 4 nitrogen and oxygen atoms in total. The van der Waals surface area contributed by atoms with E-state index in [4.69, 9.17) is 4.74 Å². The van der Waals surface area contributed by atoms with Crippen LogP contribution in [0.3, 0.4) is 0 Å². The average Bonchev–Trinajstić information content (AvgIpc) is 2.97. The van der Waals surface area contributed by atoms with Crippen LogP contribution in [0.15, 0.2) is 78.9 Å². The Bertz CT molecular complexity index is 1060. The number of rotatable bonds is 16. The molecule has 3 aromatic rings. The van der Waals surface area contributed by atoms with Gasteiger partial charge in [0.2, 0.25) is 0 Å². The predicted octanol–water partition coefficient (Wildman–Crippen LogP) is 7.76. The summed E-state index contributed by atoms with van der Waals surface area (Å²) in [4.78, 5) is 18.2. The van der Waals surface area contributed by atoms with E-state index < -0.39 is 0 Å². The summed E-state index contributed by atoms with van der Waals surface area (Å²) in [7, 11) is 0. The Labute approximate surface area is 230 Å². The van der Waals surface area contributed by atoms with Crippen molar-refractivity contribution in [1.29, 1.82) is 0 Å². The Morgan fingerprint density at radius 2 is 1.45 bits per heavy atom. The highest BCUT2D eigenvalue weighted by atomic mass is 16.5.